The summed E-state index contributed by atoms with van der Waals surface area (Å²) in [6, 6.07) is 1.95. The summed E-state index contributed by atoms with van der Waals surface area (Å²) in [7, 11) is 0. The summed E-state index contributed by atoms with van der Waals surface area (Å²) in [4.78, 5) is 13.1. The minimum Gasteiger partial charge on any atom is -0.397 e. The molecule has 0 atom stereocenters. The molecule has 0 spiro atoms. The summed E-state index contributed by atoms with van der Waals surface area (Å²) < 4.78 is 0.898. The van der Waals surface area contributed by atoms with Gasteiger partial charge in [-0.2, -0.15) is 0 Å². The predicted molar refractivity (Wildman–Crippen MR) is 76.7 cm³/mol. The van der Waals surface area contributed by atoms with Crippen molar-refractivity contribution in [3.05, 3.63) is 33.7 Å². The van der Waals surface area contributed by atoms with Crippen LogP contribution < -0.4 is 5.73 Å². The molecular weight excluding hydrogens is 312 g/mol. The Bertz CT molecular complexity index is 581. The number of aryl methyl sites for hydroxylation is 2. The van der Waals surface area contributed by atoms with Gasteiger partial charge < -0.3 is 5.73 Å². The summed E-state index contributed by atoms with van der Waals surface area (Å²) in [6.45, 7) is 5.86. The van der Waals surface area contributed by atoms with Crippen LogP contribution in [0.5, 0.6) is 0 Å². The molecule has 0 aliphatic rings. The van der Waals surface area contributed by atoms with Crippen molar-refractivity contribution in [2.45, 2.75) is 31.0 Å². The molecule has 2 rings (SSSR count). The Morgan fingerprint density at radius 3 is 2.39 bits per heavy atom. The van der Waals surface area contributed by atoms with E-state index in [4.69, 9.17) is 5.73 Å². The van der Waals surface area contributed by atoms with Crippen molar-refractivity contribution in [3.8, 4) is 0 Å². The second-order valence-corrected chi connectivity index (χ2v) is 5.74. The Kier molecular flexibility index (Phi) is 3.87. The number of rotatable bonds is 2. The van der Waals surface area contributed by atoms with Crippen LogP contribution in [0.2, 0.25) is 0 Å². The summed E-state index contributed by atoms with van der Waals surface area (Å²) in [5.41, 5.74) is 9.36. The van der Waals surface area contributed by atoms with Crippen molar-refractivity contribution in [2.75, 3.05) is 5.73 Å². The molecule has 18 heavy (non-hydrogen) atoms. The molecule has 0 aromatic carbocycles. The Morgan fingerprint density at radius 1 is 1.17 bits per heavy atom. The van der Waals surface area contributed by atoms with E-state index in [1.807, 2.05) is 26.8 Å². The maximum Gasteiger partial charge on any atom is 0.194 e. The molecule has 2 N–H and O–H groups in total. The fourth-order valence-corrected chi connectivity index (χ4v) is 2.94. The van der Waals surface area contributed by atoms with Crippen LogP contribution in [0.25, 0.3) is 0 Å². The zero-order chi connectivity index (χ0) is 13.3. The molecule has 0 amide bonds. The van der Waals surface area contributed by atoms with Crippen LogP contribution in [0.4, 0.5) is 5.69 Å². The second kappa shape index (κ2) is 5.24. The van der Waals surface area contributed by atoms with E-state index in [2.05, 4.69) is 30.9 Å². The minimum atomic E-state index is 0.674. The monoisotopic (exact) mass is 324 g/mol. The highest BCUT2D eigenvalue weighted by Crippen LogP contribution is 2.33. The number of hydrogen-bond donors (Lipinski definition) is 1. The van der Waals surface area contributed by atoms with Crippen molar-refractivity contribution >= 4 is 33.4 Å². The molecule has 0 fully saturated rings. The van der Waals surface area contributed by atoms with Gasteiger partial charge in [0.05, 0.1) is 16.4 Å². The van der Waals surface area contributed by atoms with E-state index in [0.717, 1.165) is 26.4 Å². The first-order valence-corrected chi connectivity index (χ1v) is 6.99. The SMILES string of the molecule is Cc1cc(C)nc(Sc2ncc(N)c(C)c2Br)n1. The van der Waals surface area contributed by atoms with Crippen molar-refractivity contribution in [3.63, 3.8) is 0 Å². The summed E-state index contributed by atoms with van der Waals surface area (Å²) >= 11 is 4.94. The van der Waals surface area contributed by atoms with Gasteiger partial charge in [0.25, 0.3) is 0 Å². The summed E-state index contributed by atoms with van der Waals surface area (Å²) in [5, 5.41) is 1.52. The van der Waals surface area contributed by atoms with E-state index >= 15 is 0 Å². The Morgan fingerprint density at radius 2 is 1.78 bits per heavy atom. The molecule has 2 aromatic heterocycles. The highest BCUT2D eigenvalue weighted by atomic mass is 79.9. The molecule has 2 heterocycles. The number of pyridine rings is 1. The van der Waals surface area contributed by atoms with Gasteiger partial charge in [0, 0.05) is 11.4 Å². The van der Waals surface area contributed by atoms with Crippen LogP contribution in [0, 0.1) is 20.8 Å². The first-order valence-electron chi connectivity index (χ1n) is 5.38. The number of anilines is 1. The van der Waals surface area contributed by atoms with Gasteiger partial charge in [-0.25, -0.2) is 15.0 Å². The van der Waals surface area contributed by atoms with E-state index in [1.54, 1.807) is 6.20 Å². The molecular formula is C12H13BrN4S. The van der Waals surface area contributed by atoms with E-state index < -0.39 is 0 Å². The number of nitrogens with two attached hydrogens (primary N) is 1. The molecule has 6 heteroatoms. The minimum absolute atomic E-state index is 0.674. The number of hydrogen-bond acceptors (Lipinski definition) is 5. The van der Waals surface area contributed by atoms with Crippen LogP contribution in [0.15, 0.2) is 26.9 Å². The molecule has 0 aliphatic carbocycles. The fourth-order valence-electron chi connectivity index (χ4n) is 1.47. The van der Waals surface area contributed by atoms with Crippen molar-refractivity contribution < 1.29 is 0 Å². The molecule has 94 valence electrons. The van der Waals surface area contributed by atoms with Gasteiger partial charge in [-0.05, 0) is 60.1 Å². The van der Waals surface area contributed by atoms with Gasteiger partial charge in [-0.1, -0.05) is 0 Å². The Balaban J connectivity index is 2.37. The molecule has 0 unspecified atom stereocenters. The highest BCUT2D eigenvalue weighted by molar-refractivity contribution is 9.10. The normalized spacial score (nSPS) is 10.7. The largest absolute Gasteiger partial charge is 0.397 e. The maximum atomic E-state index is 5.80. The Hall–Kier alpha value is -1.14. The van der Waals surface area contributed by atoms with Gasteiger partial charge in [0.2, 0.25) is 0 Å². The lowest BCUT2D eigenvalue weighted by molar-refractivity contribution is 0.897. The number of aromatic nitrogens is 3. The van der Waals surface area contributed by atoms with Crippen molar-refractivity contribution in [2.24, 2.45) is 0 Å². The third-order valence-electron chi connectivity index (χ3n) is 2.42. The quantitative estimate of drug-likeness (QED) is 0.858. The van der Waals surface area contributed by atoms with Crippen LogP contribution in [-0.2, 0) is 0 Å². The van der Waals surface area contributed by atoms with Crippen LogP contribution in [-0.4, -0.2) is 15.0 Å². The van der Waals surface area contributed by atoms with Gasteiger partial charge in [-0.3, -0.25) is 0 Å². The molecule has 0 aliphatic heterocycles. The maximum absolute atomic E-state index is 5.80. The summed E-state index contributed by atoms with van der Waals surface area (Å²) in [5.74, 6) is 0. The van der Waals surface area contributed by atoms with Gasteiger partial charge in [-0.15, -0.1) is 0 Å². The Labute approximate surface area is 119 Å². The standard InChI is InChI=1S/C12H13BrN4S/c1-6-4-7(2)17-12(16-6)18-11-10(13)8(3)9(14)5-15-11/h4-5H,14H2,1-3H3. The molecule has 0 saturated heterocycles. The zero-order valence-electron chi connectivity index (χ0n) is 10.4. The number of nitrogens with zero attached hydrogens (tertiary/aromatic N) is 3. The van der Waals surface area contributed by atoms with Crippen molar-refractivity contribution in [1.29, 1.82) is 0 Å². The molecule has 0 bridgehead atoms. The zero-order valence-corrected chi connectivity index (χ0v) is 12.8. The molecule has 0 radical (unpaired) electrons. The third-order valence-corrected chi connectivity index (χ3v) is 4.52. The van der Waals surface area contributed by atoms with E-state index in [9.17, 15) is 0 Å². The molecule has 2 aromatic rings. The average Bonchev–Trinajstić information content (AvgIpc) is 2.29. The molecule has 4 nitrogen and oxygen atoms in total. The van der Waals surface area contributed by atoms with Gasteiger partial charge >= 0.3 is 0 Å². The topological polar surface area (TPSA) is 64.7 Å². The smallest absolute Gasteiger partial charge is 0.194 e. The van der Waals surface area contributed by atoms with Gasteiger partial charge in [0.1, 0.15) is 5.03 Å². The van der Waals surface area contributed by atoms with E-state index in [1.165, 1.54) is 11.8 Å². The average molecular weight is 325 g/mol. The molecule has 0 saturated carbocycles. The van der Waals surface area contributed by atoms with Crippen molar-refractivity contribution in [1.82, 2.24) is 15.0 Å². The predicted octanol–water partition coefficient (Wildman–Crippen LogP) is 3.29. The highest BCUT2D eigenvalue weighted by Gasteiger charge is 2.11. The lowest BCUT2D eigenvalue weighted by Gasteiger charge is -2.08. The third kappa shape index (κ3) is 2.81. The number of nitrogen functional groups attached to an aromatic ring is 1. The van der Waals surface area contributed by atoms with Crippen LogP contribution >= 0.6 is 27.7 Å². The van der Waals surface area contributed by atoms with Crippen LogP contribution in [0.1, 0.15) is 17.0 Å². The number of halogens is 1. The van der Waals surface area contributed by atoms with E-state index in [-0.39, 0.29) is 0 Å². The van der Waals surface area contributed by atoms with Gasteiger partial charge in [0.15, 0.2) is 5.16 Å². The fraction of sp³-hybridized carbons (Fsp3) is 0.250. The van der Waals surface area contributed by atoms with E-state index in [0.29, 0.717) is 10.8 Å². The lowest BCUT2D eigenvalue weighted by Crippen LogP contribution is -1.97. The first kappa shape index (κ1) is 13.3. The first-order chi connectivity index (χ1) is 8.47. The summed E-state index contributed by atoms with van der Waals surface area (Å²) in [6.07, 6.45) is 1.66. The van der Waals surface area contributed by atoms with Crippen LogP contribution in [0.3, 0.4) is 0 Å². The lowest BCUT2D eigenvalue weighted by atomic mass is 10.3. The second-order valence-electron chi connectivity index (χ2n) is 3.99.